The van der Waals surface area contributed by atoms with Crippen molar-refractivity contribution in [3.8, 4) is 0 Å². The highest BCUT2D eigenvalue weighted by Crippen LogP contribution is 2.31. The van der Waals surface area contributed by atoms with Crippen LogP contribution in [0.15, 0.2) is 0 Å². The Morgan fingerprint density at radius 2 is 1.77 bits per heavy atom. The molecule has 2 rings (SSSR count). The first kappa shape index (κ1) is 9.47. The maximum Gasteiger partial charge on any atom is 0.0693 e. The summed E-state index contributed by atoms with van der Waals surface area (Å²) in [5.74, 6) is 0.843. The van der Waals surface area contributed by atoms with E-state index in [0.29, 0.717) is 12.1 Å². The summed E-state index contributed by atoms with van der Waals surface area (Å²) in [5.41, 5.74) is 0. The van der Waals surface area contributed by atoms with E-state index >= 15 is 0 Å². The average Bonchev–Trinajstić information content (AvgIpc) is 2.81. The van der Waals surface area contributed by atoms with E-state index in [0.717, 1.165) is 12.3 Å². The lowest BCUT2D eigenvalue weighted by Gasteiger charge is -2.21. The standard InChI is InChI=1S/C11H21NO/c1-8-7-10(8)12-9-5-3-2-4-6-11(9)13/h8-13H,2-7H2,1H3. The summed E-state index contributed by atoms with van der Waals surface area (Å²) in [4.78, 5) is 0. The Morgan fingerprint density at radius 3 is 2.46 bits per heavy atom. The van der Waals surface area contributed by atoms with Gasteiger partial charge < -0.3 is 10.4 Å². The van der Waals surface area contributed by atoms with Crippen molar-refractivity contribution in [2.24, 2.45) is 5.92 Å². The van der Waals surface area contributed by atoms with Crippen LogP contribution in [-0.2, 0) is 0 Å². The molecule has 2 saturated carbocycles. The van der Waals surface area contributed by atoms with E-state index in [1.165, 1.54) is 32.1 Å². The second-order valence-electron chi connectivity index (χ2n) is 4.80. The molecule has 76 valence electrons. The smallest absolute Gasteiger partial charge is 0.0693 e. The van der Waals surface area contributed by atoms with Gasteiger partial charge in [-0.25, -0.2) is 0 Å². The summed E-state index contributed by atoms with van der Waals surface area (Å²) in [5, 5.41) is 13.4. The van der Waals surface area contributed by atoms with Gasteiger partial charge in [0.25, 0.3) is 0 Å². The lowest BCUT2D eigenvalue weighted by atomic mass is 10.1. The lowest BCUT2D eigenvalue weighted by Crippen LogP contribution is -2.40. The molecule has 0 aromatic rings. The normalized spacial score (nSPS) is 45.7. The minimum absolute atomic E-state index is 0.0877. The summed E-state index contributed by atoms with van der Waals surface area (Å²) < 4.78 is 0. The van der Waals surface area contributed by atoms with E-state index < -0.39 is 0 Å². The van der Waals surface area contributed by atoms with Gasteiger partial charge in [0.15, 0.2) is 0 Å². The monoisotopic (exact) mass is 183 g/mol. The molecule has 2 nitrogen and oxygen atoms in total. The first-order valence-electron chi connectivity index (χ1n) is 5.71. The van der Waals surface area contributed by atoms with Crippen molar-refractivity contribution in [3.63, 3.8) is 0 Å². The highest BCUT2D eigenvalue weighted by atomic mass is 16.3. The van der Waals surface area contributed by atoms with Gasteiger partial charge in [0.2, 0.25) is 0 Å². The van der Waals surface area contributed by atoms with Gasteiger partial charge in [0.05, 0.1) is 6.10 Å². The van der Waals surface area contributed by atoms with Gasteiger partial charge in [-0.05, 0) is 25.2 Å². The maximum atomic E-state index is 9.85. The quantitative estimate of drug-likeness (QED) is 0.638. The van der Waals surface area contributed by atoms with Crippen molar-refractivity contribution in [1.29, 1.82) is 0 Å². The Bertz CT molecular complexity index is 171. The molecule has 0 heterocycles. The number of hydrogen-bond acceptors (Lipinski definition) is 2. The molecule has 0 spiro atoms. The van der Waals surface area contributed by atoms with Gasteiger partial charge in [0.1, 0.15) is 0 Å². The average molecular weight is 183 g/mol. The lowest BCUT2D eigenvalue weighted by molar-refractivity contribution is 0.118. The summed E-state index contributed by atoms with van der Waals surface area (Å²) in [6, 6.07) is 1.09. The molecule has 0 radical (unpaired) electrons. The van der Waals surface area contributed by atoms with Crippen LogP contribution in [-0.4, -0.2) is 23.3 Å². The molecular formula is C11H21NO. The fourth-order valence-electron chi connectivity index (χ4n) is 2.31. The predicted octanol–water partition coefficient (Wildman–Crippen LogP) is 1.68. The van der Waals surface area contributed by atoms with Crippen LogP contribution in [0.2, 0.25) is 0 Å². The molecule has 0 aromatic heterocycles. The van der Waals surface area contributed by atoms with Gasteiger partial charge in [-0.3, -0.25) is 0 Å². The molecule has 0 aliphatic heterocycles. The van der Waals surface area contributed by atoms with E-state index in [4.69, 9.17) is 0 Å². The van der Waals surface area contributed by atoms with Crippen LogP contribution in [0, 0.1) is 5.92 Å². The molecule has 2 heteroatoms. The highest BCUT2D eigenvalue weighted by molar-refractivity contribution is 4.94. The Hall–Kier alpha value is -0.0800. The molecular weight excluding hydrogens is 162 g/mol. The van der Waals surface area contributed by atoms with E-state index in [9.17, 15) is 5.11 Å². The summed E-state index contributed by atoms with van der Waals surface area (Å²) in [7, 11) is 0. The first-order chi connectivity index (χ1) is 6.27. The Balaban J connectivity index is 1.80. The zero-order valence-electron chi connectivity index (χ0n) is 8.50. The van der Waals surface area contributed by atoms with E-state index in [1.807, 2.05) is 0 Å². The molecule has 2 fully saturated rings. The Kier molecular flexibility index (Phi) is 2.89. The summed E-state index contributed by atoms with van der Waals surface area (Å²) in [6.45, 7) is 2.28. The Labute approximate surface area is 80.7 Å². The van der Waals surface area contributed by atoms with Gasteiger partial charge in [-0.2, -0.15) is 0 Å². The number of aliphatic hydroxyl groups excluding tert-OH is 1. The van der Waals surface area contributed by atoms with Crippen molar-refractivity contribution >= 4 is 0 Å². The molecule has 4 unspecified atom stereocenters. The van der Waals surface area contributed by atoms with E-state index in [-0.39, 0.29) is 6.10 Å². The van der Waals surface area contributed by atoms with Gasteiger partial charge in [-0.15, -0.1) is 0 Å². The van der Waals surface area contributed by atoms with E-state index in [1.54, 1.807) is 0 Å². The second-order valence-corrected chi connectivity index (χ2v) is 4.80. The SMILES string of the molecule is CC1CC1NC1CCCCCC1O. The number of aliphatic hydroxyl groups is 1. The zero-order chi connectivity index (χ0) is 9.26. The topological polar surface area (TPSA) is 32.3 Å². The third-order valence-electron chi connectivity index (χ3n) is 3.52. The van der Waals surface area contributed by atoms with Crippen molar-refractivity contribution in [2.45, 2.75) is 63.6 Å². The molecule has 0 aromatic carbocycles. The van der Waals surface area contributed by atoms with Crippen LogP contribution in [0.5, 0.6) is 0 Å². The van der Waals surface area contributed by atoms with Crippen molar-refractivity contribution in [3.05, 3.63) is 0 Å². The van der Waals surface area contributed by atoms with Crippen LogP contribution in [0.3, 0.4) is 0 Å². The molecule has 13 heavy (non-hydrogen) atoms. The molecule has 2 aliphatic rings. The molecule has 0 amide bonds. The van der Waals surface area contributed by atoms with Crippen molar-refractivity contribution in [2.75, 3.05) is 0 Å². The number of nitrogens with one attached hydrogen (secondary N) is 1. The minimum Gasteiger partial charge on any atom is -0.392 e. The largest absolute Gasteiger partial charge is 0.392 e. The van der Waals surface area contributed by atoms with Crippen LogP contribution in [0.25, 0.3) is 0 Å². The van der Waals surface area contributed by atoms with Crippen LogP contribution < -0.4 is 5.32 Å². The fourth-order valence-corrected chi connectivity index (χ4v) is 2.31. The van der Waals surface area contributed by atoms with Crippen LogP contribution >= 0.6 is 0 Å². The van der Waals surface area contributed by atoms with Crippen LogP contribution in [0.1, 0.15) is 45.4 Å². The van der Waals surface area contributed by atoms with Crippen molar-refractivity contribution < 1.29 is 5.11 Å². The van der Waals surface area contributed by atoms with Gasteiger partial charge in [0, 0.05) is 12.1 Å². The molecule has 0 saturated heterocycles. The predicted molar refractivity (Wildman–Crippen MR) is 53.6 cm³/mol. The zero-order valence-corrected chi connectivity index (χ0v) is 8.50. The van der Waals surface area contributed by atoms with Gasteiger partial charge in [-0.1, -0.05) is 26.2 Å². The first-order valence-corrected chi connectivity index (χ1v) is 5.71. The maximum absolute atomic E-state index is 9.85. The summed E-state index contributed by atoms with van der Waals surface area (Å²) >= 11 is 0. The Morgan fingerprint density at radius 1 is 1.08 bits per heavy atom. The second kappa shape index (κ2) is 3.97. The van der Waals surface area contributed by atoms with Crippen molar-refractivity contribution in [1.82, 2.24) is 5.32 Å². The third-order valence-corrected chi connectivity index (χ3v) is 3.52. The third kappa shape index (κ3) is 2.44. The summed E-state index contributed by atoms with van der Waals surface area (Å²) in [6.07, 6.45) is 7.19. The molecule has 4 atom stereocenters. The van der Waals surface area contributed by atoms with Crippen LogP contribution in [0.4, 0.5) is 0 Å². The molecule has 2 N–H and O–H groups in total. The van der Waals surface area contributed by atoms with E-state index in [2.05, 4.69) is 12.2 Å². The highest BCUT2D eigenvalue weighted by Gasteiger charge is 2.35. The minimum atomic E-state index is -0.0877. The number of hydrogen-bond donors (Lipinski definition) is 2. The fraction of sp³-hybridized carbons (Fsp3) is 1.00. The number of rotatable bonds is 2. The molecule has 0 bridgehead atoms. The molecule has 2 aliphatic carbocycles. The van der Waals surface area contributed by atoms with Gasteiger partial charge >= 0.3 is 0 Å².